The van der Waals surface area contributed by atoms with Crippen molar-refractivity contribution in [3.8, 4) is 11.5 Å². The van der Waals surface area contributed by atoms with Crippen LogP contribution in [-0.4, -0.2) is 21.8 Å². The number of anilines is 1. The summed E-state index contributed by atoms with van der Waals surface area (Å²) >= 11 is 0. The number of phenolic OH excluding ortho intramolecular Hbond substituents is 2. The number of aromatic hydroxyl groups is 2. The van der Waals surface area contributed by atoms with E-state index < -0.39 is 46.4 Å². The summed E-state index contributed by atoms with van der Waals surface area (Å²) in [6.07, 6.45) is 1.10. The Morgan fingerprint density at radius 2 is 1.52 bits per heavy atom. The van der Waals surface area contributed by atoms with E-state index in [2.05, 4.69) is 5.10 Å². The standard InChI is InChI=1S/C17H9F5N2O3/c1-6-9(4-7-2-3-8(25)5-10(7)26)17(27)24(23-6)16-14(21)12(19)11(18)13(20)15(16)22/h2-5,25-26H,1H3/b9-4+. The van der Waals surface area contributed by atoms with Gasteiger partial charge in [-0.05, 0) is 25.1 Å². The second-order valence-corrected chi connectivity index (χ2v) is 5.52. The summed E-state index contributed by atoms with van der Waals surface area (Å²) in [7, 11) is 0. The average molecular weight is 384 g/mol. The molecule has 2 aromatic rings. The van der Waals surface area contributed by atoms with Crippen LogP contribution >= 0.6 is 0 Å². The van der Waals surface area contributed by atoms with Crippen molar-refractivity contribution < 1.29 is 37.0 Å². The van der Waals surface area contributed by atoms with E-state index in [-0.39, 0.29) is 27.6 Å². The summed E-state index contributed by atoms with van der Waals surface area (Å²) in [5.41, 5.74) is -1.78. The summed E-state index contributed by atoms with van der Waals surface area (Å²) in [5.74, 6) is -13.0. The lowest BCUT2D eigenvalue weighted by Gasteiger charge is -2.15. The molecule has 1 heterocycles. The van der Waals surface area contributed by atoms with Crippen LogP contribution in [0.25, 0.3) is 6.08 Å². The molecule has 0 radical (unpaired) electrons. The predicted octanol–water partition coefficient (Wildman–Crippen LogP) is 3.60. The van der Waals surface area contributed by atoms with Crippen molar-refractivity contribution in [1.82, 2.24) is 0 Å². The van der Waals surface area contributed by atoms with Crippen LogP contribution in [0.2, 0.25) is 0 Å². The minimum absolute atomic E-state index is 0.0601. The van der Waals surface area contributed by atoms with Gasteiger partial charge in [-0.3, -0.25) is 4.79 Å². The van der Waals surface area contributed by atoms with Gasteiger partial charge in [0.1, 0.15) is 17.2 Å². The Balaban J connectivity index is 2.11. The normalized spacial score (nSPS) is 15.6. The largest absolute Gasteiger partial charge is 0.508 e. The van der Waals surface area contributed by atoms with Crippen LogP contribution < -0.4 is 5.01 Å². The van der Waals surface area contributed by atoms with E-state index >= 15 is 0 Å². The van der Waals surface area contributed by atoms with Crippen LogP contribution in [0, 0.1) is 29.1 Å². The molecule has 2 N–H and O–H groups in total. The van der Waals surface area contributed by atoms with Gasteiger partial charge < -0.3 is 10.2 Å². The van der Waals surface area contributed by atoms with Crippen molar-refractivity contribution in [3.63, 3.8) is 0 Å². The number of hydrogen-bond donors (Lipinski definition) is 2. The summed E-state index contributed by atoms with van der Waals surface area (Å²) in [6.45, 7) is 1.27. The van der Waals surface area contributed by atoms with Gasteiger partial charge >= 0.3 is 0 Å². The molecule has 3 rings (SSSR count). The molecule has 0 atom stereocenters. The maximum atomic E-state index is 13.9. The second-order valence-electron chi connectivity index (χ2n) is 5.52. The van der Waals surface area contributed by atoms with E-state index in [0.29, 0.717) is 0 Å². The molecule has 0 aromatic heterocycles. The maximum Gasteiger partial charge on any atom is 0.280 e. The molecule has 1 amide bonds. The molecule has 2 aromatic carbocycles. The molecule has 0 saturated carbocycles. The van der Waals surface area contributed by atoms with Crippen molar-refractivity contribution >= 4 is 23.4 Å². The number of hydrogen-bond acceptors (Lipinski definition) is 4. The fraction of sp³-hybridized carbons (Fsp3) is 0.0588. The van der Waals surface area contributed by atoms with Crippen LogP contribution in [0.15, 0.2) is 28.9 Å². The van der Waals surface area contributed by atoms with Gasteiger partial charge in [0.2, 0.25) is 5.82 Å². The van der Waals surface area contributed by atoms with Gasteiger partial charge in [0.25, 0.3) is 5.91 Å². The van der Waals surface area contributed by atoms with E-state index in [1.54, 1.807) is 0 Å². The zero-order chi connectivity index (χ0) is 20.0. The van der Waals surface area contributed by atoms with E-state index in [4.69, 9.17) is 0 Å². The quantitative estimate of drug-likeness (QED) is 0.360. The van der Waals surface area contributed by atoms with Gasteiger partial charge in [-0.1, -0.05) is 0 Å². The molecule has 0 fully saturated rings. The van der Waals surface area contributed by atoms with Crippen molar-refractivity contribution in [2.24, 2.45) is 5.10 Å². The molecule has 1 aliphatic heterocycles. The molecule has 0 spiro atoms. The van der Waals surface area contributed by atoms with Crippen molar-refractivity contribution in [2.75, 3.05) is 5.01 Å². The number of halogens is 5. The maximum absolute atomic E-state index is 13.9. The molecule has 27 heavy (non-hydrogen) atoms. The lowest BCUT2D eigenvalue weighted by atomic mass is 10.1. The molecule has 0 unspecified atom stereocenters. The number of phenols is 2. The highest BCUT2D eigenvalue weighted by atomic mass is 19.2. The third-order valence-corrected chi connectivity index (χ3v) is 3.77. The topological polar surface area (TPSA) is 73.1 Å². The first-order valence-corrected chi connectivity index (χ1v) is 7.28. The van der Waals surface area contributed by atoms with Crippen LogP contribution in [0.5, 0.6) is 11.5 Å². The highest BCUT2D eigenvalue weighted by Gasteiger charge is 2.37. The minimum atomic E-state index is -2.36. The Morgan fingerprint density at radius 1 is 0.963 bits per heavy atom. The minimum Gasteiger partial charge on any atom is -0.508 e. The zero-order valence-electron chi connectivity index (χ0n) is 13.4. The molecule has 0 saturated heterocycles. The monoisotopic (exact) mass is 384 g/mol. The summed E-state index contributed by atoms with van der Waals surface area (Å²) in [4.78, 5) is 12.5. The zero-order valence-corrected chi connectivity index (χ0v) is 13.4. The first-order valence-electron chi connectivity index (χ1n) is 7.28. The lowest BCUT2D eigenvalue weighted by molar-refractivity contribution is -0.114. The molecule has 5 nitrogen and oxygen atoms in total. The van der Waals surface area contributed by atoms with Gasteiger partial charge in [-0.25, -0.2) is 22.0 Å². The summed E-state index contributed by atoms with van der Waals surface area (Å²) in [5, 5.41) is 22.7. The summed E-state index contributed by atoms with van der Waals surface area (Å²) in [6, 6.07) is 3.44. The van der Waals surface area contributed by atoms with Crippen LogP contribution in [0.1, 0.15) is 12.5 Å². The number of hydrazone groups is 1. The van der Waals surface area contributed by atoms with Gasteiger partial charge in [0, 0.05) is 11.6 Å². The number of carbonyl (C=O) groups excluding carboxylic acids is 1. The molecular formula is C17H9F5N2O3. The number of nitrogens with zero attached hydrogens (tertiary/aromatic N) is 2. The number of amides is 1. The van der Waals surface area contributed by atoms with Crippen molar-refractivity contribution in [3.05, 3.63) is 58.4 Å². The Hall–Kier alpha value is -3.43. The molecule has 140 valence electrons. The molecule has 0 aliphatic carbocycles. The van der Waals surface area contributed by atoms with Gasteiger partial charge in [-0.2, -0.15) is 10.1 Å². The van der Waals surface area contributed by atoms with Gasteiger partial charge in [0.15, 0.2) is 23.3 Å². The van der Waals surface area contributed by atoms with E-state index in [0.717, 1.165) is 12.1 Å². The molecular weight excluding hydrogens is 375 g/mol. The van der Waals surface area contributed by atoms with Crippen molar-refractivity contribution in [2.45, 2.75) is 6.92 Å². The second kappa shape index (κ2) is 6.38. The first kappa shape index (κ1) is 18.4. The van der Waals surface area contributed by atoms with Crippen LogP contribution in [0.4, 0.5) is 27.6 Å². The summed E-state index contributed by atoms with van der Waals surface area (Å²) < 4.78 is 67.9. The molecule has 10 heteroatoms. The van der Waals surface area contributed by atoms with Crippen molar-refractivity contribution in [1.29, 1.82) is 0 Å². The van der Waals surface area contributed by atoms with E-state index in [1.807, 2.05) is 0 Å². The van der Waals surface area contributed by atoms with Crippen LogP contribution in [-0.2, 0) is 4.79 Å². The molecule has 1 aliphatic rings. The Labute approximate surface area is 148 Å². The van der Waals surface area contributed by atoms with E-state index in [1.165, 1.54) is 19.1 Å². The Bertz CT molecular complexity index is 1020. The third-order valence-electron chi connectivity index (χ3n) is 3.77. The lowest BCUT2D eigenvalue weighted by Crippen LogP contribution is -2.25. The number of benzene rings is 2. The van der Waals surface area contributed by atoms with Gasteiger partial charge in [0.05, 0.1) is 11.3 Å². The average Bonchev–Trinajstić information content (AvgIpc) is 2.88. The van der Waals surface area contributed by atoms with Crippen LogP contribution in [0.3, 0.4) is 0 Å². The third kappa shape index (κ3) is 2.88. The SMILES string of the molecule is CC1=NN(c2c(F)c(F)c(F)c(F)c2F)C(=O)/C1=C/c1ccc(O)cc1O. The van der Waals surface area contributed by atoms with E-state index in [9.17, 15) is 37.0 Å². The number of carbonyl (C=O) groups is 1. The predicted molar refractivity (Wildman–Crippen MR) is 84.6 cm³/mol. The Kier molecular flexibility index (Phi) is 4.34. The highest BCUT2D eigenvalue weighted by Crippen LogP contribution is 2.34. The fourth-order valence-corrected chi connectivity index (χ4v) is 2.42. The smallest absolute Gasteiger partial charge is 0.280 e. The number of rotatable bonds is 2. The highest BCUT2D eigenvalue weighted by molar-refractivity contribution is 6.32. The fourth-order valence-electron chi connectivity index (χ4n) is 2.42. The Morgan fingerprint density at radius 3 is 2.07 bits per heavy atom. The van der Waals surface area contributed by atoms with Gasteiger partial charge in [-0.15, -0.1) is 0 Å². The molecule has 0 bridgehead atoms. The first-order chi connectivity index (χ1) is 12.6.